The van der Waals surface area contributed by atoms with Crippen molar-refractivity contribution in [1.29, 1.82) is 0 Å². The van der Waals surface area contributed by atoms with Crippen LogP contribution in [0.5, 0.6) is 0 Å². The molecule has 5 heteroatoms. The van der Waals surface area contributed by atoms with Crippen LogP contribution < -0.4 is 10.5 Å². The molecule has 114 valence electrons. The molecule has 2 aromatic heterocycles. The average molecular weight is 314 g/mol. The summed E-state index contributed by atoms with van der Waals surface area (Å²) in [5.41, 5.74) is 1.95. The second kappa shape index (κ2) is 5.39. The van der Waals surface area contributed by atoms with Crippen molar-refractivity contribution in [2.75, 3.05) is 11.4 Å². The van der Waals surface area contributed by atoms with Crippen LogP contribution in [0.1, 0.15) is 52.5 Å². The summed E-state index contributed by atoms with van der Waals surface area (Å²) in [4.78, 5) is 31.0. The van der Waals surface area contributed by atoms with E-state index in [0.29, 0.717) is 12.5 Å². The number of hydrogen-bond acceptors (Lipinski definition) is 3. The molecule has 22 heavy (non-hydrogen) atoms. The van der Waals surface area contributed by atoms with Crippen LogP contribution in [0.2, 0.25) is 0 Å². The Balaban J connectivity index is 1.68. The number of aromatic nitrogens is 1. The molecule has 1 saturated carbocycles. The number of amides is 1. The Kier molecular flexibility index (Phi) is 3.37. The highest BCUT2D eigenvalue weighted by molar-refractivity contribution is 7.10. The Morgan fingerprint density at radius 3 is 2.86 bits per heavy atom. The van der Waals surface area contributed by atoms with Gasteiger partial charge in [0.1, 0.15) is 5.56 Å². The molecule has 0 bridgehead atoms. The van der Waals surface area contributed by atoms with Gasteiger partial charge in [-0.15, -0.1) is 11.3 Å². The van der Waals surface area contributed by atoms with Gasteiger partial charge in [-0.3, -0.25) is 9.59 Å². The molecule has 0 radical (unpaired) electrons. The van der Waals surface area contributed by atoms with Gasteiger partial charge in [0.2, 0.25) is 0 Å². The fourth-order valence-corrected chi connectivity index (χ4v) is 4.01. The molecular weight excluding hydrogens is 296 g/mol. The zero-order valence-corrected chi connectivity index (χ0v) is 13.1. The van der Waals surface area contributed by atoms with E-state index in [1.165, 1.54) is 4.88 Å². The van der Waals surface area contributed by atoms with Gasteiger partial charge in [0.15, 0.2) is 0 Å². The smallest absolute Gasteiger partial charge is 0.263 e. The molecule has 1 amide bonds. The lowest BCUT2D eigenvalue weighted by Gasteiger charge is -2.20. The van der Waals surface area contributed by atoms with Crippen molar-refractivity contribution in [2.45, 2.75) is 38.0 Å². The third-order valence-corrected chi connectivity index (χ3v) is 5.44. The SMILES string of the molecule is O=C(c1ccc(C2CC2)[nH]c1=O)N1CCCCc2sccc21. The Hall–Kier alpha value is -1.88. The van der Waals surface area contributed by atoms with Crippen LogP contribution >= 0.6 is 11.3 Å². The summed E-state index contributed by atoms with van der Waals surface area (Å²) in [6.07, 6.45) is 5.36. The number of anilines is 1. The Bertz CT molecular complexity index is 773. The molecule has 1 aliphatic carbocycles. The highest BCUT2D eigenvalue weighted by Gasteiger charge is 2.27. The number of aromatic amines is 1. The van der Waals surface area contributed by atoms with E-state index >= 15 is 0 Å². The van der Waals surface area contributed by atoms with E-state index in [2.05, 4.69) is 4.98 Å². The number of hydrogen-bond donors (Lipinski definition) is 1. The normalized spacial score (nSPS) is 17.9. The Morgan fingerprint density at radius 1 is 1.23 bits per heavy atom. The van der Waals surface area contributed by atoms with Gasteiger partial charge >= 0.3 is 0 Å². The van der Waals surface area contributed by atoms with Gasteiger partial charge in [-0.05, 0) is 61.6 Å². The third kappa shape index (κ3) is 2.39. The monoisotopic (exact) mass is 314 g/mol. The highest BCUT2D eigenvalue weighted by atomic mass is 32.1. The number of aryl methyl sites for hydroxylation is 1. The quantitative estimate of drug-likeness (QED) is 0.924. The van der Waals surface area contributed by atoms with Gasteiger partial charge < -0.3 is 9.88 Å². The van der Waals surface area contributed by atoms with Crippen molar-refractivity contribution in [3.05, 3.63) is 50.1 Å². The third-order valence-electron chi connectivity index (χ3n) is 4.47. The lowest BCUT2D eigenvalue weighted by Crippen LogP contribution is -2.35. The minimum atomic E-state index is -0.254. The number of thiophene rings is 1. The second-order valence-electron chi connectivity index (χ2n) is 6.07. The first-order valence-electron chi connectivity index (χ1n) is 7.85. The Morgan fingerprint density at radius 2 is 2.09 bits per heavy atom. The van der Waals surface area contributed by atoms with Crippen LogP contribution in [0.25, 0.3) is 0 Å². The summed E-state index contributed by atoms with van der Waals surface area (Å²) in [6.45, 7) is 0.687. The molecule has 3 heterocycles. The summed E-state index contributed by atoms with van der Waals surface area (Å²) in [5.74, 6) is 0.309. The number of H-pyrrole nitrogens is 1. The first-order valence-corrected chi connectivity index (χ1v) is 8.73. The molecule has 1 aliphatic heterocycles. The molecule has 0 aromatic carbocycles. The van der Waals surface area contributed by atoms with E-state index in [9.17, 15) is 9.59 Å². The molecule has 2 aliphatic rings. The van der Waals surface area contributed by atoms with E-state index in [4.69, 9.17) is 0 Å². The van der Waals surface area contributed by atoms with Crippen molar-refractivity contribution in [2.24, 2.45) is 0 Å². The maximum absolute atomic E-state index is 12.8. The maximum atomic E-state index is 12.8. The predicted octanol–water partition coefficient (Wildman–Crippen LogP) is 3.30. The zero-order valence-electron chi connectivity index (χ0n) is 12.3. The first kappa shape index (κ1) is 13.8. The maximum Gasteiger partial charge on any atom is 0.263 e. The van der Waals surface area contributed by atoms with Crippen molar-refractivity contribution < 1.29 is 4.79 Å². The molecule has 1 N–H and O–H groups in total. The van der Waals surface area contributed by atoms with E-state index in [1.54, 1.807) is 22.3 Å². The topological polar surface area (TPSA) is 53.2 Å². The second-order valence-corrected chi connectivity index (χ2v) is 7.07. The summed E-state index contributed by atoms with van der Waals surface area (Å²) in [7, 11) is 0. The van der Waals surface area contributed by atoms with Gasteiger partial charge in [-0.2, -0.15) is 0 Å². The number of rotatable bonds is 2. The van der Waals surface area contributed by atoms with Gasteiger partial charge in [0.25, 0.3) is 11.5 Å². The van der Waals surface area contributed by atoms with Crippen LogP contribution in [0, 0.1) is 0 Å². The molecule has 4 nitrogen and oxygen atoms in total. The molecule has 0 saturated heterocycles. The minimum absolute atomic E-state index is 0.176. The lowest BCUT2D eigenvalue weighted by atomic mass is 10.2. The number of fused-ring (bicyclic) bond motifs is 1. The molecule has 0 unspecified atom stereocenters. The summed E-state index contributed by atoms with van der Waals surface area (Å²) in [5, 5.41) is 2.02. The number of nitrogens with one attached hydrogen (secondary N) is 1. The van der Waals surface area contributed by atoms with Gasteiger partial charge in [-0.1, -0.05) is 0 Å². The molecule has 0 spiro atoms. The largest absolute Gasteiger partial charge is 0.325 e. The number of pyridine rings is 1. The molecule has 0 atom stereocenters. The van der Waals surface area contributed by atoms with Gasteiger partial charge in [0, 0.05) is 17.1 Å². The van der Waals surface area contributed by atoms with Crippen LogP contribution in [-0.2, 0) is 6.42 Å². The number of carbonyl (C=O) groups excluding carboxylic acids is 1. The van der Waals surface area contributed by atoms with E-state index in [0.717, 1.165) is 43.5 Å². The first-order chi connectivity index (χ1) is 10.7. The fraction of sp³-hybridized carbons (Fsp3) is 0.412. The van der Waals surface area contributed by atoms with Gasteiger partial charge in [-0.25, -0.2) is 0 Å². The molecule has 2 aromatic rings. The summed E-state index contributed by atoms with van der Waals surface area (Å²) < 4.78 is 0. The average Bonchev–Trinajstić information content (AvgIpc) is 3.30. The van der Waals surface area contributed by atoms with Crippen LogP contribution in [-0.4, -0.2) is 17.4 Å². The van der Waals surface area contributed by atoms with Crippen molar-refractivity contribution in [1.82, 2.24) is 4.98 Å². The fourth-order valence-electron chi connectivity index (χ4n) is 3.08. The van der Waals surface area contributed by atoms with E-state index < -0.39 is 0 Å². The molecule has 4 rings (SSSR count). The van der Waals surface area contributed by atoms with Crippen LogP contribution in [0.15, 0.2) is 28.4 Å². The summed E-state index contributed by atoms with van der Waals surface area (Å²) >= 11 is 1.69. The number of nitrogens with zero attached hydrogens (tertiary/aromatic N) is 1. The van der Waals surface area contributed by atoms with Crippen LogP contribution in [0.4, 0.5) is 5.69 Å². The summed E-state index contributed by atoms with van der Waals surface area (Å²) in [6, 6.07) is 5.60. The van der Waals surface area contributed by atoms with Crippen molar-refractivity contribution in [3.63, 3.8) is 0 Å². The van der Waals surface area contributed by atoms with Crippen molar-refractivity contribution in [3.8, 4) is 0 Å². The number of carbonyl (C=O) groups is 1. The van der Waals surface area contributed by atoms with Crippen molar-refractivity contribution >= 4 is 22.9 Å². The standard InChI is InChI=1S/C17H18N2O2S/c20-16-12(6-7-13(18-16)11-4-5-11)17(21)19-9-2-1-3-15-14(19)8-10-22-15/h6-8,10-11H,1-5,9H2,(H,18,20). The molecule has 1 fully saturated rings. The molecular formula is C17H18N2O2S. The highest BCUT2D eigenvalue weighted by Crippen LogP contribution is 2.38. The Labute approximate surface area is 132 Å². The van der Waals surface area contributed by atoms with Gasteiger partial charge in [0.05, 0.1) is 5.69 Å². The lowest BCUT2D eigenvalue weighted by molar-refractivity contribution is 0.0985. The van der Waals surface area contributed by atoms with Crippen LogP contribution in [0.3, 0.4) is 0 Å². The predicted molar refractivity (Wildman–Crippen MR) is 88.0 cm³/mol. The van der Waals surface area contributed by atoms with E-state index in [1.807, 2.05) is 17.5 Å². The zero-order chi connectivity index (χ0) is 15.1. The van der Waals surface area contributed by atoms with E-state index in [-0.39, 0.29) is 17.0 Å². The minimum Gasteiger partial charge on any atom is -0.325 e.